The predicted octanol–water partition coefficient (Wildman–Crippen LogP) is 4.99. The van der Waals surface area contributed by atoms with Gasteiger partial charge in [0.25, 0.3) is 0 Å². The van der Waals surface area contributed by atoms with Gasteiger partial charge in [0.2, 0.25) is 11.2 Å². The molecule has 1 heterocycles. The van der Waals surface area contributed by atoms with Crippen LogP contribution in [0.25, 0.3) is 22.2 Å². The van der Waals surface area contributed by atoms with Crippen LogP contribution >= 0.6 is 0 Å². The van der Waals surface area contributed by atoms with E-state index in [0.29, 0.717) is 0 Å². The summed E-state index contributed by atoms with van der Waals surface area (Å²) in [5.74, 6) is 0.726. The lowest BCUT2D eigenvalue weighted by Crippen LogP contribution is -2.34. The highest BCUT2D eigenvalue weighted by molar-refractivity contribution is 5.86. The van der Waals surface area contributed by atoms with Gasteiger partial charge in [0.05, 0.1) is 5.39 Å². The van der Waals surface area contributed by atoms with E-state index in [9.17, 15) is 0 Å². The minimum Gasteiger partial charge on any atom is -0.194 e. The van der Waals surface area contributed by atoms with E-state index >= 15 is 0 Å². The zero-order chi connectivity index (χ0) is 17.0. The van der Waals surface area contributed by atoms with E-state index in [1.807, 2.05) is 0 Å². The molecule has 0 fully saturated rings. The van der Waals surface area contributed by atoms with Crippen LogP contribution in [0.3, 0.4) is 0 Å². The second-order valence-corrected chi connectivity index (χ2v) is 7.69. The molecule has 1 unspecified atom stereocenters. The van der Waals surface area contributed by atoms with Crippen molar-refractivity contribution in [3.05, 3.63) is 64.2 Å². The fourth-order valence-corrected chi connectivity index (χ4v) is 4.42. The van der Waals surface area contributed by atoms with E-state index in [1.165, 1.54) is 62.8 Å². The average molecular weight is 316 g/mol. The average Bonchev–Trinajstić information content (AvgIpc) is 2.54. The molecule has 24 heavy (non-hydrogen) atoms. The number of aryl methyl sites for hydroxylation is 3. The second-order valence-electron chi connectivity index (χ2n) is 7.69. The summed E-state index contributed by atoms with van der Waals surface area (Å²) in [4.78, 5) is 0. The quantitative estimate of drug-likeness (QED) is 0.557. The number of rotatable bonds is 1. The molecule has 0 radical (unpaired) electrons. The van der Waals surface area contributed by atoms with Crippen molar-refractivity contribution in [2.45, 2.75) is 40.5 Å². The Labute approximate surface area is 145 Å². The maximum absolute atomic E-state index is 2.45. The second kappa shape index (κ2) is 5.44. The number of hydrogen-bond acceptors (Lipinski definition) is 0. The molecule has 1 aliphatic carbocycles. The van der Waals surface area contributed by atoms with E-state index < -0.39 is 0 Å². The van der Waals surface area contributed by atoms with Crippen molar-refractivity contribution in [1.29, 1.82) is 0 Å². The summed E-state index contributed by atoms with van der Waals surface area (Å²) in [5.41, 5.74) is 11.2. The van der Waals surface area contributed by atoms with E-state index in [4.69, 9.17) is 0 Å². The zero-order valence-electron chi connectivity index (χ0n) is 15.4. The lowest BCUT2D eigenvalue weighted by molar-refractivity contribution is -0.633. The number of benzene rings is 2. The largest absolute Gasteiger partial charge is 0.213 e. The van der Waals surface area contributed by atoms with Crippen LogP contribution in [0.2, 0.25) is 0 Å². The van der Waals surface area contributed by atoms with Crippen LogP contribution in [0, 0.1) is 26.7 Å². The lowest BCUT2D eigenvalue weighted by atomic mass is 9.83. The molecule has 3 aromatic rings. The molecule has 0 saturated carbocycles. The van der Waals surface area contributed by atoms with Gasteiger partial charge in [0.1, 0.15) is 7.05 Å². The fourth-order valence-electron chi connectivity index (χ4n) is 4.42. The van der Waals surface area contributed by atoms with Crippen molar-refractivity contribution in [2.75, 3.05) is 0 Å². The Morgan fingerprint density at radius 2 is 1.71 bits per heavy atom. The first kappa shape index (κ1) is 15.4. The summed E-state index contributed by atoms with van der Waals surface area (Å²) in [6.45, 7) is 9.04. The molecule has 2 aromatic carbocycles. The van der Waals surface area contributed by atoms with Crippen molar-refractivity contribution < 1.29 is 4.57 Å². The molecular formula is C23H26N+. The Hall–Kier alpha value is -2.15. The van der Waals surface area contributed by atoms with E-state index in [0.717, 1.165) is 5.92 Å². The maximum atomic E-state index is 2.45. The third-order valence-corrected chi connectivity index (χ3v) is 5.71. The fraction of sp³-hybridized carbons (Fsp3) is 0.348. The molecule has 0 aliphatic heterocycles. The van der Waals surface area contributed by atoms with Gasteiger partial charge >= 0.3 is 0 Å². The molecule has 1 atom stereocenters. The third kappa shape index (κ3) is 2.26. The smallest absolute Gasteiger partial charge is 0.194 e. The number of nitrogens with zero attached hydrogens (tertiary/aromatic N) is 1. The normalized spacial score (nSPS) is 16.6. The number of hydrogen-bond donors (Lipinski definition) is 0. The van der Waals surface area contributed by atoms with Crippen LogP contribution in [0.15, 0.2) is 36.4 Å². The van der Waals surface area contributed by atoms with Crippen LogP contribution in [0.5, 0.6) is 0 Å². The first-order valence-corrected chi connectivity index (χ1v) is 8.97. The molecule has 1 aromatic heterocycles. The van der Waals surface area contributed by atoms with Crippen molar-refractivity contribution in [1.82, 2.24) is 0 Å². The third-order valence-electron chi connectivity index (χ3n) is 5.71. The zero-order valence-corrected chi connectivity index (χ0v) is 15.4. The Balaban J connectivity index is 2.08. The minimum absolute atomic E-state index is 0.726. The summed E-state index contributed by atoms with van der Waals surface area (Å²) in [7, 11) is 2.22. The van der Waals surface area contributed by atoms with Crippen LogP contribution in [0.1, 0.15) is 34.7 Å². The van der Waals surface area contributed by atoms with Gasteiger partial charge in [0.15, 0.2) is 0 Å². The van der Waals surface area contributed by atoms with Crippen molar-refractivity contribution in [2.24, 2.45) is 13.0 Å². The van der Waals surface area contributed by atoms with Gasteiger partial charge in [-0.15, -0.1) is 0 Å². The highest BCUT2D eigenvalue weighted by atomic mass is 14.9. The van der Waals surface area contributed by atoms with Crippen LogP contribution in [-0.4, -0.2) is 0 Å². The minimum atomic E-state index is 0.726. The molecule has 0 saturated heterocycles. The van der Waals surface area contributed by atoms with Crippen molar-refractivity contribution in [3.63, 3.8) is 0 Å². The summed E-state index contributed by atoms with van der Waals surface area (Å²) in [6.07, 6.45) is 2.39. The molecule has 4 rings (SSSR count). The Bertz CT molecular complexity index is 966. The van der Waals surface area contributed by atoms with Crippen LogP contribution in [0.4, 0.5) is 0 Å². The summed E-state index contributed by atoms with van der Waals surface area (Å²) in [5, 5.41) is 1.49. The van der Waals surface area contributed by atoms with Gasteiger partial charge in [-0.05, 0) is 67.9 Å². The Morgan fingerprint density at radius 1 is 0.958 bits per heavy atom. The molecule has 0 spiro atoms. The van der Waals surface area contributed by atoms with Crippen LogP contribution in [-0.2, 0) is 19.9 Å². The standard InChI is InChI=1S/C23H26N/c1-14-9-16(3)17(4)20(12-14)22-13-19-11-15(2)10-18-7-6-8-21(23(18)19)24(22)5/h6-9,12-13,15H,10-11H2,1-5H3/q+1. The topological polar surface area (TPSA) is 3.88 Å². The van der Waals surface area contributed by atoms with E-state index in [2.05, 4.69) is 75.7 Å². The van der Waals surface area contributed by atoms with Crippen molar-refractivity contribution >= 4 is 10.9 Å². The first-order valence-electron chi connectivity index (χ1n) is 8.97. The molecular weight excluding hydrogens is 290 g/mol. The highest BCUT2D eigenvalue weighted by Gasteiger charge is 2.25. The number of pyridine rings is 1. The Morgan fingerprint density at radius 3 is 2.50 bits per heavy atom. The van der Waals surface area contributed by atoms with E-state index in [-0.39, 0.29) is 0 Å². The van der Waals surface area contributed by atoms with Crippen LogP contribution < -0.4 is 4.57 Å². The molecule has 1 aliphatic rings. The monoisotopic (exact) mass is 316 g/mol. The molecule has 0 bridgehead atoms. The highest BCUT2D eigenvalue weighted by Crippen LogP contribution is 2.34. The van der Waals surface area contributed by atoms with Gasteiger partial charge in [-0.3, -0.25) is 0 Å². The predicted molar refractivity (Wildman–Crippen MR) is 101 cm³/mol. The summed E-state index contributed by atoms with van der Waals surface area (Å²) in [6, 6.07) is 13.9. The molecule has 122 valence electrons. The summed E-state index contributed by atoms with van der Waals surface area (Å²) < 4.78 is 2.39. The number of aromatic nitrogens is 1. The van der Waals surface area contributed by atoms with Crippen molar-refractivity contribution in [3.8, 4) is 11.3 Å². The van der Waals surface area contributed by atoms with Gasteiger partial charge in [-0.25, -0.2) is 0 Å². The van der Waals surface area contributed by atoms with Gasteiger partial charge in [-0.2, -0.15) is 4.57 Å². The molecule has 0 N–H and O–H groups in total. The SMILES string of the molecule is Cc1cc(C)c(C)c(-c2cc3c4c(cccc4[n+]2C)CC(C)C3)c1. The molecule has 1 nitrogen and oxygen atoms in total. The molecule has 1 heteroatoms. The van der Waals surface area contributed by atoms with Gasteiger partial charge in [0, 0.05) is 17.7 Å². The Kier molecular flexibility index (Phi) is 3.49. The molecule has 0 amide bonds. The van der Waals surface area contributed by atoms with Gasteiger partial charge in [-0.1, -0.05) is 30.7 Å². The maximum Gasteiger partial charge on any atom is 0.213 e. The first-order chi connectivity index (χ1) is 11.5. The lowest BCUT2D eigenvalue weighted by Gasteiger charge is -2.22. The van der Waals surface area contributed by atoms with E-state index in [1.54, 1.807) is 0 Å². The van der Waals surface area contributed by atoms with Gasteiger partial charge < -0.3 is 0 Å². The summed E-state index contributed by atoms with van der Waals surface area (Å²) >= 11 is 0.